The van der Waals surface area contributed by atoms with Crippen molar-refractivity contribution in [1.82, 2.24) is 4.90 Å². The summed E-state index contributed by atoms with van der Waals surface area (Å²) in [4.78, 5) is 27.7. The van der Waals surface area contributed by atoms with Crippen molar-refractivity contribution in [2.45, 2.75) is 32.7 Å². The Morgan fingerprint density at radius 3 is 2.72 bits per heavy atom. The largest absolute Gasteiger partial charge is 0.462 e. The number of thiophene rings is 1. The van der Waals surface area contributed by atoms with Gasteiger partial charge in [0.25, 0.3) is 0 Å². The Balaban J connectivity index is 2.16. The van der Waals surface area contributed by atoms with E-state index in [2.05, 4.69) is 10.2 Å². The third-order valence-electron chi connectivity index (χ3n) is 3.90. The molecule has 1 aromatic rings. The molecule has 1 aromatic heterocycles. The van der Waals surface area contributed by atoms with Crippen LogP contribution in [0.1, 0.15) is 40.6 Å². The third-order valence-corrected chi connectivity index (χ3v) is 6.06. The summed E-state index contributed by atoms with van der Waals surface area (Å²) >= 11 is 1.39. The Morgan fingerprint density at radius 1 is 1.36 bits per heavy atom. The maximum absolute atomic E-state index is 12.3. The number of amides is 1. The van der Waals surface area contributed by atoms with Crippen molar-refractivity contribution in [1.29, 1.82) is 0 Å². The van der Waals surface area contributed by atoms with Crippen molar-refractivity contribution < 1.29 is 22.7 Å². The molecule has 0 fully saturated rings. The van der Waals surface area contributed by atoms with Gasteiger partial charge in [-0.2, -0.15) is 0 Å². The maximum atomic E-state index is 12.3. The van der Waals surface area contributed by atoms with Crippen molar-refractivity contribution in [3.63, 3.8) is 0 Å². The third kappa shape index (κ3) is 5.52. The van der Waals surface area contributed by atoms with Crippen molar-refractivity contribution in [3.05, 3.63) is 16.0 Å². The number of rotatable bonds is 7. The molecule has 25 heavy (non-hydrogen) atoms. The van der Waals surface area contributed by atoms with Crippen molar-refractivity contribution in [3.8, 4) is 0 Å². The van der Waals surface area contributed by atoms with Gasteiger partial charge in [0.15, 0.2) is 0 Å². The molecule has 0 saturated heterocycles. The van der Waals surface area contributed by atoms with Gasteiger partial charge in [0.05, 0.1) is 17.9 Å². The molecular formula is C16H24N2O5S2. The zero-order chi connectivity index (χ0) is 18.6. The first-order valence-corrected chi connectivity index (χ1v) is 11.1. The summed E-state index contributed by atoms with van der Waals surface area (Å²) in [6, 6.07) is 0. The van der Waals surface area contributed by atoms with Gasteiger partial charge in [-0.3, -0.25) is 4.79 Å². The van der Waals surface area contributed by atoms with E-state index >= 15 is 0 Å². The lowest BCUT2D eigenvalue weighted by Crippen LogP contribution is -2.26. The molecule has 0 spiro atoms. The van der Waals surface area contributed by atoms with E-state index < -0.39 is 15.8 Å². The number of hydrogen-bond donors (Lipinski definition) is 1. The molecule has 1 aliphatic rings. The number of sulfone groups is 1. The highest BCUT2D eigenvalue weighted by Gasteiger charge is 2.28. The van der Waals surface area contributed by atoms with Gasteiger partial charge in [0, 0.05) is 30.6 Å². The maximum Gasteiger partial charge on any atom is 0.341 e. The molecule has 2 rings (SSSR count). The van der Waals surface area contributed by atoms with Gasteiger partial charge < -0.3 is 15.0 Å². The van der Waals surface area contributed by atoms with Crippen LogP contribution < -0.4 is 5.32 Å². The van der Waals surface area contributed by atoms with Crippen LogP contribution in [-0.4, -0.2) is 57.4 Å². The molecule has 1 amide bonds. The van der Waals surface area contributed by atoms with Gasteiger partial charge in [-0.25, -0.2) is 13.2 Å². The number of nitrogens with one attached hydrogen (secondary N) is 1. The van der Waals surface area contributed by atoms with E-state index in [9.17, 15) is 18.0 Å². The zero-order valence-corrected chi connectivity index (χ0v) is 16.4. The van der Waals surface area contributed by atoms with Gasteiger partial charge in [-0.1, -0.05) is 0 Å². The van der Waals surface area contributed by atoms with Crippen LogP contribution in [0.2, 0.25) is 0 Å². The average Bonchev–Trinajstić information content (AvgIpc) is 2.82. The molecule has 0 unspecified atom stereocenters. The van der Waals surface area contributed by atoms with Gasteiger partial charge in [0.2, 0.25) is 5.91 Å². The van der Waals surface area contributed by atoms with Crippen molar-refractivity contribution in [2.75, 3.05) is 37.5 Å². The summed E-state index contributed by atoms with van der Waals surface area (Å²) in [6.07, 6.45) is 2.24. The molecule has 0 aromatic carbocycles. The fourth-order valence-electron chi connectivity index (χ4n) is 2.72. The summed E-state index contributed by atoms with van der Waals surface area (Å²) in [5, 5.41) is 3.28. The van der Waals surface area contributed by atoms with Crippen LogP contribution in [0.4, 0.5) is 5.00 Å². The Bertz CT molecular complexity index is 755. The number of carbonyl (C=O) groups is 2. The molecule has 0 atom stereocenters. The molecule has 140 valence electrons. The fourth-order valence-corrected chi connectivity index (χ4v) is 4.72. The molecule has 0 saturated carbocycles. The molecule has 0 bridgehead atoms. The van der Waals surface area contributed by atoms with Crippen LogP contribution in [0.3, 0.4) is 0 Å². The fraction of sp³-hybridized carbons (Fsp3) is 0.625. The highest BCUT2D eigenvalue weighted by Crippen LogP contribution is 2.37. The van der Waals surface area contributed by atoms with Gasteiger partial charge >= 0.3 is 5.97 Å². The van der Waals surface area contributed by atoms with Crippen molar-refractivity contribution >= 4 is 38.1 Å². The molecule has 0 aliphatic carbocycles. The zero-order valence-electron chi connectivity index (χ0n) is 14.8. The highest BCUT2D eigenvalue weighted by atomic mass is 32.2. The minimum absolute atomic E-state index is 0.0309. The second kappa shape index (κ2) is 8.29. The van der Waals surface area contributed by atoms with E-state index in [1.54, 1.807) is 6.92 Å². The first-order chi connectivity index (χ1) is 11.7. The van der Waals surface area contributed by atoms with E-state index in [0.717, 1.165) is 36.2 Å². The standard InChI is InChI=1S/C16H24N2O5S2/c1-4-23-16(20)14-11-7-8-18(2)10-12(11)24-15(14)17-13(19)6-5-9-25(3,21)22/h4-10H2,1-3H3,(H,17,19). The highest BCUT2D eigenvalue weighted by molar-refractivity contribution is 7.90. The molecule has 1 N–H and O–H groups in total. The number of hydrogen-bond acceptors (Lipinski definition) is 7. The monoisotopic (exact) mass is 388 g/mol. The quantitative estimate of drug-likeness (QED) is 0.715. The van der Waals surface area contributed by atoms with Gasteiger partial charge in [0.1, 0.15) is 14.8 Å². The normalized spacial score (nSPS) is 14.8. The molecule has 7 nitrogen and oxygen atoms in total. The van der Waals surface area contributed by atoms with E-state index in [4.69, 9.17) is 4.74 Å². The van der Waals surface area contributed by atoms with E-state index in [0.29, 0.717) is 10.6 Å². The minimum atomic E-state index is -3.09. The summed E-state index contributed by atoms with van der Waals surface area (Å²) in [7, 11) is -1.08. The smallest absolute Gasteiger partial charge is 0.341 e. The summed E-state index contributed by atoms with van der Waals surface area (Å²) < 4.78 is 27.5. The van der Waals surface area contributed by atoms with Crippen molar-refractivity contribution in [2.24, 2.45) is 0 Å². The number of nitrogens with zero attached hydrogens (tertiary/aromatic N) is 1. The number of esters is 1. The molecule has 9 heteroatoms. The second-order valence-corrected chi connectivity index (χ2v) is 9.56. The Hall–Kier alpha value is -1.45. The molecule has 1 aliphatic heterocycles. The summed E-state index contributed by atoms with van der Waals surface area (Å²) in [5.41, 5.74) is 1.40. The molecule has 0 radical (unpaired) electrons. The van der Waals surface area contributed by atoms with E-state index in [1.165, 1.54) is 11.3 Å². The van der Waals surface area contributed by atoms with Crippen LogP contribution in [0, 0.1) is 0 Å². The van der Waals surface area contributed by atoms with Crippen LogP contribution in [0.25, 0.3) is 0 Å². The summed E-state index contributed by atoms with van der Waals surface area (Å²) in [6.45, 7) is 3.59. The first-order valence-electron chi connectivity index (χ1n) is 8.19. The van der Waals surface area contributed by atoms with E-state index in [1.807, 2.05) is 7.05 Å². The van der Waals surface area contributed by atoms with Crippen LogP contribution >= 0.6 is 11.3 Å². The lowest BCUT2D eigenvalue weighted by molar-refractivity contribution is -0.116. The Kier molecular flexibility index (Phi) is 6.59. The topological polar surface area (TPSA) is 92.8 Å². The van der Waals surface area contributed by atoms with Gasteiger partial charge in [-0.15, -0.1) is 11.3 Å². The number of likely N-dealkylation sites (N-methyl/N-ethyl adjacent to an activating group) is 1. The lowest BCUT2D eigenvalue weighted by atomic mass is 10.0. The first kappa shape index (κ1) is 19.9. The minimum Gasteiger partial charge on any atom is -0.462 e. The van der Waals surface area contributed by atoms with Crippen LogP contribution in [-0.2, 0) is 32.3 Å². The van der Waals surface area contributed by atoms with E-state index in [-0.39, 0.29) is 31.1 Å². The van der Waals surface area contributed by atoms with Crippen LogP contribution in [0.15, 0.2) is 0 Å². The summed E-state index contributed by atoms with van der Waals surface area (Å²) in [5.74, 6) is -0.742. The Labute approximate surface area is 152 Å². The average molecular weight is 389 g/mol. The van der Waals surface area contributed by atoms with Crippen LogP contribution in [0.5, 0.6) is 0 Å². The predicted molar refractivity (Wildman–Crippen MR) is 97.9 cm³/mol. The number of anilines is 1. The Morgan fingerprint density at radius 2 is 2.08 bits per heavy atom. The lowest BCUT2D eigenvalue weighted by Gasteiger charge is -2.22. The number of fused-ring (bicyclic) bond motifs is 1. The molecule has 2 heterocycles. The second-order valence-electron chi connectivity index (χ2n) is 6.20. The molecular weight excluding hydrogens is 364 g/mol. The number of carbonyl (C=O) groups excluding carboxylic acids is 2. The predicted octanol–water partition coefficient (Wildman–Crippen LogP) is 1.68. The SMILES string of the molecule is CCOC(=O)c1c(NC(=O)CCCS(C)(=O)=O)sc2c1CCN(C)C2. The number of ether oxygens (including phenoxy) is 1. The van der Waals surface area contributed by atoms with Gasteiger partial charge in [-0.05, 0) is 32.4 Å².